The number of nitrogens with one attached hydrogen (secondary N) is 1. The van der Waals surface area contributed by atoms with Crippen molar-refractivity contribution >= 4 is 11.6 Å². The van der Waals surface area contributed by atoms with Crippen molar-refractivity contribution in [1.29, 1.82) is 0 Å². The standard InChI is InChI=1S/C24H24N2O4/c1-3-21(27)16-6-7-23-18(8-16)9-19(14-30-23)22(28)10-17-5-4-15(11-24(17)29-2)20-12-25-26-13-20/h4-8,11-13,19H,3,9-10,14H2,1-2H3,(H,25,26). The molecule has 0 bridgehead atoms. The predicted molar refractivity (Wildman–Crippen MR) is 113 cm³/mol. The molecule has 0 amide bonds. The molecule has 6 nitrogen and oxygen atoms in total. The molecule has 0 fully saturated rings. The van der Waals surface area contributed by atoms with Crippen molar-refractivity contribution in [3.8, 4) is 22.6 Å². The van der Waals surface area contributed by atoms with E-state index in [2.05, 4.69) is 10.2 Å². The molecule has 1 unspecified atom stereocenters. The van der Waals surface area contributed by atoms with Crippen molar-refractivity contribution in [3.05, 3.63) is 65.5 Å². The van der Waals surface area contributed by atoms with E-state index in [4.69, 9.17) is 9.47 Å². The fourth-order valence-electron chi connectivity index (χ4n) is 3.79. The molecule has 0 saturated carbocycles. The minimum Gasteiger partial charge on any atom is -0.496 e. The SMILES string of the molecule is CCC(=O)c1ccc2c(c1)CC(C(=O)Cc1ccc(-c3cn[nH]c3)cc1OC)CO2. The number of fused-ring (bicyclic) bond motifs is 1. The van der Waals surface area contributed by atoms with Crippen molar-refractivity contribution < 1.29 is 19.1 Å². The highest BCUT2D eigenvalue weighted by molar-refractivity contribution is 5.96. The number of methoxy groups -OCH3 is 1. The summed E-state index contributed by atoms with van der Waals surface area (Å²) in [5, 5.41) is 6.77. The van der Waals surface area contributed by atoms with Crippen molar-refractivity contribution in [2.24, 2.45) is 5.92 Å². The topological polar surface area (TPSA) is 81.3 Å². The Bertz CT molecular complexity index is 1070. The second-order valence-corrected chi connectivity index (χ2v) is 7.47. The van der Waals surface area contributed by atoms with Gasteiger partial charge in [0.25, 0.3) is 0 Å². The van der Waals surface area contributed by atoms with E-state index in [9.17, 15) is 9.59 Å². The van der Waals surface area contributed by atoms with Gasteiger partial charge in [-0.1, -0.05) is 19.1 Å². The average Bonchev–Trinajstić information content (AvgIpc) is 3.33. The maximum Gasteiger partial charge on any atom is 0.162 e. The van der Waals surface area contributed by atoms with Crippen molar-refractivity contribution in [2.45, 2.75) is 26.2 Å². The van der Waals surface area contributed by atoms with Gasteiger partial charge in [-0.25, -0.2) is 0 Å². The van der Waals surface area contributed by atoms with E-state index in [1.165, 1.54) is 0 Å². The van der Waals surface area contributed by atoms with Crippen molar-refractivity contribution in [2.75, 3.05) is 13.7 Å². The summed E-state index contributed by atoms with van der Waals surface area (Å²) in [6.07, 6.45) is 4.86. The first-order valence-electron chi connectivity index (χ1n) is 10.1. The largest absolute Gasteiger partial charge is 0.496 e. The zero-order valence-corrected chi connectivity index (χ0v) is 17.1. The summed E-state index contributed by atoms with van der Waals surface area (Å²) >= 11 is 0. The second kappa shape index (κ2) is 8.53. The molecule has 2 heterocycles. The smallest absolute Gasteiger partial charge is 0.162 e. The van der Waals surface area contributed by atoms with Gasteiger partial charge >= 0.3 is 0 Å². The molecule has 0 aliphatic carbocycles. The highest BCUT2D eigenvalue weighted by Gasteiger charge is 2.27. The van der Waals surface area contributed by atoms with E-state index in [0.717, 1.165) is 28.0 Å². The van der Waals surface area contributed by atoms with Crippen LogP contribution < -0.4 is 9.47 Å². The molecule has 1 aromatic heterocycles. The second-order valence-electron chi connectivity index (χ2n) is 7.47. The molecule has 6 heteroatoms. The van der Waals surface area contributed by atoms with E-state index in [1.54, 1.807) is 19.4 Å². The van der Waals surface area contributed by atoms with Crippen LogP contribution in [-0.2, 0) is 17.6 Å². The third kappa shape index (κ3) is 3.99. The maximum absolute atomic E-state index is 13.0. The summed E-state index contributed by atoms with van der Waals surface area (Å²) in [7, 11) is 1.61. The normalized spacial score (nSPS) is 15.2. The van der Waals surface area contributed by atoms with Crippen molar-refractivity contribution in [3.63, 3.8) is 0 Å². The van der Waals surface area contributed by atoms with Crippen LogP contribution in [0.3, 0.4) is 0 Å². The van der Waals surface area contributed by atoms with Crippen LogP contribution in [0.5, 0.6) is 11.5 Å². The summed E-state index contributed by atoms with van der Waals surface area (Å²) in [6.45, 7) is 2.19. The third-order valence-electron chi connectivity index (χ3n) is 5.55. The summed E-state index contributed by atoms with van der Waals surface area (Å²) < 4.78 is 11.3. The molecule has 3 aromatic rings. The number of benzene rings is 2. The van der Waals surface area contributed by atoms with Gasteiger partial charge in [0.15, 0.2) is 5.78 Å². The lowest BCUT2D eigenvalue weighted by atomic mass is 9.88. The maximum atomic E-state index is 13.0. The number of H-pyrrole nitrogens is 1. The summed E-state index contributed by atoms with van der Waals surface area (Å²) in [5.41, 5.74) is 4.36. The molecular formula is C24H24N2O4. The van der Waals surface area contributed by atoms with E-state index in [1.807, 2.05) is 43.5 Å². The van der Waals surface area contributed by atoms with E-state index in [-0.39, 0.29) is 23.9 Å². The van der Waals surface area contributed by atoms with Crippen molar-refractivity contribution in [1.82, 2.24) is 10.2 Å². The van der Waals surface area contributed by atoms with Gasteiger partial charge in [-0.3, -0.25) is 14.7 Å². The highest BCUT2D eigenvalue weighted by atomic mass is 16.5. The van der Waals surface area contributed by atoms with Crippen LogP contribution in [0.1, 0.15) is 34.8 Å². The lowest BCUT2D eigenvalue weighted by molar-refractivity contribution is -0.123. The van der Waals surface area contributed by atoms with Crippen LogP contribution in [0.15, 0.2) is 48.8 Å². The van der Waals surface area contributed by atoms with Gasteiger partial charge < -0.3 is 9.47 Å². The van der Waals surface area contributed by atoms with E-state index < -0.39 is 0 Å². The number of ketones is 2. The molecule has 1 N–H and O–H groups in total. The molecule has 0 radical (unpaired) electrons. The lowest BCUT2D eigenvalue weighted by Gasteiger charge is -2.25. The Morgan fingerprint density at radius 1 is 1.20 bits per heavy atom. The number of carbonyl (C=O) groups is 2. The predicted octanol–water partition coefficient (Wildman–Crippen LogP) is 4.04. The van der Waals surface area contributed by atoms with Gasteiger partial charge in [0.2, 0.25) is 0 Å². The Balaban J connectivity index is 1.50. The van der Waals surface area contributed by atoms with Crippen LogP contribution in [-0.4, -0.2) is 35.5 Å². The number of Topliss-reactive ketones (excluding diaryl/α,β-unsaturated/α-hetero) is 2. The zero-order chi connectivity index (χ0) is 21.1. The van der Waals surface area contributed by atoms with Crippen LogP contribution in [0.4, 0.5) is 0 Å². The third-order valence-corrected chi connectivity index (χ3v) is 5.55. The molecule has 0 saturated heterocycles. The first-order valence-corrected chi connectivity index (χ1v) is 10.1. The van der Waals surface area contributed by atoms with Crippen LogP contribution >= 0.6 is 0 Å². The fraction of sp³-hybridized carbons (Fsp3) is 0.292. The Labute approximate surface area is 175 Å². The number of aromatic amines is 1. The van der Waals surface area contributed by atoms with E-state index >= 15 is 0 Å². The molecule has 30 heavy (non-hydrogen) atoms. The molecular weight excluding hydrogens is 380 g/mol. The molecule has 154 valence electrons. The Hall–Kier alpha value is -3.41. The van der Waals surface area contributed by atoms with Gasteiger partial charge in [-0.05, 0) is 41.8 Å². The minimum atomic E-state index is -0.247. The molecule has 1 atom stereocenters. The number of nitrogens with zero attached hydrogens (tertiary/aromatic N) is 1. The van der Waals surface area contributed by atoms with Crippen LogP contribution in [0.2, 0.25) is 0 Å². The summed E-state index contributed by atoms with van der Waals surface area (Å²) in [5.74, 6) is 1.38. The van der Waals surface area contributed by atoms with Crippen LogP contribution in [0, 0.1) is 5.92 Å². The van der Waals surface area contributed by atoms with Gasteiger partial charge in [0.05, 0.1) is 25.8 Å². The number of rotatable bonds is 7. The fourth-order valence-corrected chi connectivity index (χ4v) is 3.79. The van der Waals surface area contributed by atoms with Gasteiger partial charge in [-0.15, -0.1) is 0 Å². The first-order chi connectivity index (χ1) is 14.6. The van der Waals surface area contributed by atoms with Gasteiger partial charge in [-0.2, -0.15) is 5.10 Å². The molecule has 2 aromatic carbocycles. The van der Waals surface area contributed by atoms with E-state index in [0.29, 0.717) is 30.8 Å². The zero-order valence-electron chi connectivity index (χ0n) is 17.1. The minimum absolute atomic E-state index is 0.0914. The van der Waals surface area contributed by atoms with Crippen LogP contribution in [0.25, 0.3) is 11.1 Å². The lowest BCUT2D eigenvalue weighted by Crippen LogP contribution is -2.29. The average molecular weight is 404 g/mol. The molecule has 1 aliphatic heterocycles. The number of hydrogen-bond donors (Lipinski definition) is 1. The highest BCUT2D eigenvalue weighted by Crippen LogP contribution is 2.31. The number of carbonyl (C=O) groups excluding carboxylic acids is 2. The quantitative estimate of drug-likeness (QED) is 0.601. The monoisotopic (exact) mass is 404 g/mol. The summed E-state index contributed by atoms with van der Waals surface area (Å²) in [6, 6.07) is 11.3. The Morgan fingerprint density at radius 3 is 2.80 bits per heavy atom. The molecule has 0 spiro atoms. The Kier molecular flexibility index (Phi) is 5.65. The number of aromatic nitrogens is 2. The molecule has 4 rings (SSSR count). The van der Waals surface area contributed by atoms with Gasteiger partial charge in [0.1, 0.15) is 17.3 Å². The van der Waals surface area contributed by atoms with Gasteiger partial charge in [0, 0.05) is 35.7 Å². The summed E-state index contributed by atoms with van der Waals surface area (Å²) in [4.78, 5) is 25.0. The first kappa shape index (κ1) is 19.9. The molecule has 1 aliphatic rings. The number of ether oxygens (including phenoxy) is 2. The Morgan fingerprint density at radius 2 is 2.07 bits per heavy atom. The number of hydrogen-bond acceptors (Lipinski definition) is 5.